The van der Waals surface area contributed by atoms with Gasteiger partial charge in [0.05, 0.1) is 23.4 Å². The van der Waals surface area contributed by atoms with Gasteiger partial charge in [0.15, 0.2) is 11.5 Å². The van der Waals surface area contributed by atoms with Crippen LogP contribution in [0, 0.1) is 6.92 Å². The quantitative estimate of drug-likeness (QED) is 0.454. The van der Waals surface area contributed by atoms with Gasteiger partial charge in [-0.2, -0.15) is 13.9 Å². The van der Waals surface area contributed by atoms with Gasteiger partial charge in [-0.05, 0) is 37.3 Å². The Hall–Kier alpha value is -3.46. The van der Waals surface area contributed by atoms with E-state index in [1.165, 1.54) is 30.6 Å². The summed E-state index contributed by atoms with van der Waals surface area (Å²) >= 11 is 1.30. The topological polar surface area (TPSA) is 65.4 Å². The Morgan fingerprint density at radius 2 is 1.90 bits per heavy atom. The molecule has 0 radical (unpaired) electrons. The maximum absolute atomic E-state index is 12.8. The number of hydrogen-bond donors (Lipinski definition) is 1. The summed E-state index contributed by atoms with van der Waals surface area (Å²) in [4.78, 5) is 14.1. The van der Waals surface area contributed by atoms with Crippen LogP contribution in [0.25, 0.3) is 15.9 Å². The number of anilines is 1. The number of rotatable bonds is 6. The van der Waals surface area contributed by atoms with Crippen molar-refractivity contribution in [2.45, 2.75) is 13.5 Å². The highest BCUT2D eigenvalue weighted by molar-refractivity contribution is 7.20. The van der Waals surface area contributed by atoms with Crippen LogP contribution in [-0.2, 0) is 0 Å². The molecule has 154 valence electrons. The third-order valence-electron chi connectivity index (χ3n) is 4.41. The van der Waals surface area contributed by atoms with E-state index in [0.29, 0.717) is 10.6 Å². The van der Waals surface area contributed by atoms with Crippen LogP contribution in [0.1, 0.15) is 15.4 Å². The molecule has 0 saturated carbocycles. The average molecular weight is 429 g/mol. The number of ether oxygens (including phenoxy) is 2. The van der Waals surface area contributed by atoms with Crippen LogP contribution >= 0.6 is 11.3 Å². The molecule has 0 spiro atoms. The van der Waals surface area contributed by atoms with Gasteiger partial charge >= 0.3 is 6.61 Å². The molecular weight excluding hydrogens is 412 g/mol. The van der Waals surface area contributed by atoms with E-state index in [0.717, 1.165) is 21.6 Å². The first-order valence-electron chi connectivity index (χ1n) is 8.95. The Morgan fingerprint density at radius 1 is 1.13 bits per heavy atom. The number of halogens is 2. The number of nitrogens with one attached hydrogen (secondary N) is 1. The number of para-hydroxylation sites is 1. The highest BCUT2D eigenvalue weighted by Crippen LogP contribution is 2.33. The predicted molar refractivity (Wildman–Crippen MR) is 111 cm³/mol. The Bertz CT molecular complexity index is 1210. The molecule has 0 atom stereocenters. The summed E-state index contributed by atoms with van der Waals surface area (Å²) in [5.74, 6) is -0.366. The lowest BCUT2D eigenvalue weighted by Crippen LogP contribution is -2.11. The zero-order chi connectivity index (χ0) is 21.3. The number of alkyl halides is 2. The number of fused-ring (bicyclic) bond motifs is 1. The average Bonchev–Trinajstić information content (AvgIpc) is 3.29. The van der Waals surface area contributed by atoms with Crippen LogP contribution in [-0.4, -0.2) is 29.4 Å². The maximum atomic E-state index is 12.8. The van der Waals surface area contributed by atoms with Crippen molar-refractivity contribution in [3.05, 3.63) is 65.2 Å². The van der Waals surface area contributed by atoms with Gasteiger partial charge in [0.1, 0.15) is 4.83 Å². The van der Waals surface area contributed by atoms with Crippen LogP contribution in [0.3, 0.4) is 0 Å². The molecule has 2 aromatic carbocycles. The summed E-state index contributed by atoms with van der Waals surface area (Å²) in [6.07, 6.45) is 0. The van der Waals surface area contributed by atoms with E-state index in [2.05, 4.69) is 15.2 Å². The van der Waals surface area contributed by atoms with Gasteiger partial charge in [0, 0.05) is 17.1 Å². The van der Waals surface area contributed by atoms with E-state index < -0.39 is 6.61 Å². The molecular formula is C21H17F2N3O3S. The molecule has 0 aliphatic rings. The first-order chi connectivity index (χ1) is 14.5. The Morgan fingerprint density at radius 3 is 2.60 bits per heavy atom. The number of aromatic nitrogens is 2. The number of aryl methyl sites for hydroxylation is 1. The van der Waals surface area contributed by atoms with E-state index >= 15 is 0 Å². The summed E-state index contributed by atoms with van der Waals surface area (Å²) in [6, 6.07) is 15.7. The lowest BCUT2D eigenvalue weighted by Gasteiger charge is -2.12. The fourth-order valence-electron chi connectivity index (χ4n) is 3.04. The fraction of sp³-hybridized carbons (Fsp3) is 0.143. The van der Waals surface area contributed by atoms with Crippen molar-refractivity contribution in [1.29, 1.82) is 0 Å². The number of carbonyl (C=O) groups is 1. The molecule has 2 heterocycles. The van der Waals surface area contributed by atoms with Gasteiger partial charge in [0.25, 0.3) is 5.91 Å². The lowest BCUT2D eigenvalue weighted by molar-refractivity contribution is -0.0511. The van der Waals surface area contributed by atoms with Crippen LogP contribution in [0.5, 0.6) is 11.5 Å². The second kappa shape index (κ2) is 8.11. The summed E-state index contributed by atoms with van der Waals surface area (Å²) < 4.78 is 36.5. The molecule has 0 saturated heterocycles. The van der Waals surface area contributed by atoms with E-state index in [1.807, 2.05) is 37.3 Å². The molecule has 0 bridgehead atoms. The maximum Gasteiger partial charge on any atom is 0.387 e. The van der Waals surface area contributed by atoms with Gasteiger partial charge < -0.3 is 14.8 Å². The highest BCUT2D eigenvalue weighted by Gasteiger charge is 2.18. The van der Waals surface area contributed by atoms with Crippen molar-refractivity contribution in [3.63, 3.8) is 0 Å². The molecule has 0 aliphatic heterocycles. The molecule has 4 aromatic rings. The Balaban J connectivity index is 1.63. The van der Waals surface area contributed by atoms with Crippen molar-refractivity contribution in [2.75, 3.05) is 12.4 Å². The molecule has 0 unspecified atom stereocenters. The standard InChI is InChI=1S/C21H17F2N3O3S/c1-12-15-11-18(30-20(15)26(25-12)14-6-4-3-5-7-14)19(27)24-13-8-9-16(28-2)17(10-13)29-21(22)23/h3-11,21H,1-2H3,(H,24,27). The van der Waals surface area contributed by atoms with E-state index in [4.69, 9.17) is 4.74 Å². The van der Waals surface area contributed by atoms with Gasteiger partial charge in [-0.25, -0.2) is 4.68 Å². The summed E-state index contributed by atoms with van der Waals surface area (Å²) in [5.41, 5.74) is 2.02. The van der Waals surface area contributed by atoms with Crippen LogP contribution in [0.4, 0.5) is 14.5 Å². The molecule has 30 heavy (non-hydrogen) atoms. The summed E-state index contributed by atoms with van der Waals surface area (Å²) in [6.45, 7) is -1.12. The van der Waals surface area contributed by atoms with Crippen molar-refractivity contribution in [3.8, 4) is 17.2 Å². The number of nitrogens with zero attached hydrogens (tertiary/aromatic N) is 2. The van der Waals surface area contributed by atoms with Crippen LogP contribution in [0.2, 0.25) is 0 Å². The second-order valence-corrected chi connectivity index (χ2v) is 7.39. The second-order valence-electron chi connectivity index (χ2n) is 6.36. The van der Waals surface area contributed by atoms with Crippen molar-refractivity contribution >= 4 is 33.1 Å². The third-order valence-corrected chi connectivity index (χ3v) is 5.52. The van der Waals surface area contributed by atoms with Gasteiger partial charge in [-0.15, -0.1) is 11.3 Å². The molecule has 0 aliphatic carbocycles. The largest absolute Gasteiger partial charge is 0.493 e. The SMILES string of the molecule is COc1ccc(NC(=O)c2cc3c(C)nn(-c4ccccc4)c3s2)cc1OC(F)F. The predicted octanol–water partition coefficient (Wildman–Crippen LogP) is 5.26. The zero-order valence-corrected chi connectivity index (χ0v) is 16.9. The van der Waals surface area contributed by atoms with E-state index in [9.17, 15) is 13.6 Å². The van der Waals surface area contributed by atoms with Crippen LogP contribution < -0.4 is 14.8 Å². The molecule has 4 rings (SSSR count). The van der Waals surface area contributed by atoms with Crippen molar-refractivity contribution < 1.29 is 23.0 Å². The first-order valence-corrected chi connectivity index (χ1v) is 9.76. The molecule has 6 nitrogen and oxygen atoms in total. The number of benzene rings is 2. The monoisotopic (exact) mass is 429 g/mol. The zero-order valence-electron chi connectivity index (χ0n) is 16.1. The fourth-order valence-corrected chi connectivity index (χ4v) is 4.12. The number of methoxy groups -OCH3 is 1. The van der Waals surface area contributed by atoms with E-state index in [-0.39, 0.29) is 17.4 Å². The normalized spacial score (nSPS) is 11.1. The summed E-state index contributed by atoms with van der Waals surface area (Å²) in [5, 5.41) is 8.15. The Kier molecular flexibility index (Phi) is 5.37. The minimum Gasteiger partial charge on any atom is -0.493 e. The number of amides is 1. The molecule has 1 amide bonds. The Labute approximate surface area is 174 Å². The van der Waals surface area contributed by atoms with Gasteiger partial charge in [-0.1, -0.05) is 18.2 Å². The minimum absolute atomic E-state index is 0.147. The van der Waals surface area contributed by atoms with Crippen molar-refractivity contribution in [2.24, 2.45) is 0 Å². The van der Waals surface area contributed by atoms with E-state index in [1.54, 1.807) is 16.8 Å². The number of carbonyl (C=O) groups excluding carboxylic acids is 1. The smallest absolute Gasteiger partial charge is 0.387 e. The highest BCUT2D eigenvalue weighted by atomic mass is 32.1. The molecule has 0 fully saturated rings. The van der Waals surface area contributed by atoms with Gasteiger partial charge in [-0.3, -0.25) is 4.79 Å². The number of thiophene rings is 1. The van der Waals surface area contributed by atoms with Gasteiger partial charge in [0.2, 0.25) is 0 Å². The minimum atomic E-state index is -3.00. The van der Waals surface area contributed by atoms with Crippen LogP contribution in [0.15, 0.2) is 54.6 Å². The first kappa shape index (κ1) is 19.8. The number of hydrogen-bond acceptors (Lipinski definition) is 5. The lowest BCUT2D eigenvalue weighted by atomic mass is 10.2. The third kappa shape index (κ3) is 3.84. The molecule has 2 aromatic heterocycles. The van der Waals surface area contributed by atoms with Crippen molar-refractivity contribution in [1.82, 2.24) is 9.78 Å². The molecule has 1 N–H and O–H groups in total. The molecule has 9 heteroatoms. The summed E-state index contributed by atoms with van der Waals surface area (Å²) in [7, 11) is 1.35.